The molecule has 0 radical (unpaired) electrons. The van der Waals surface area contributed by atoms with Crippen LogP contribution in [0, 0.1) is 0 Å². The molecule has 2 amide bonds. The molecule has 1 fully saturated rings. The first-order valence-corrected chi connectivity index (χ1v) is 21.7. The molecule has 328 valence electrons. The van der Waals surface area contributed by atoms with E-state index in [1.165, 1.54) is 0 Å². The van der Waals surface area contributed by atoms with Crippen molar-refractivity contribution in [2.75, 3.05) is 41.8 Å². The molecule has 0 spiro atoms. The third kappa shape index (κ3) is 8.01. The van der Waals surface area contributed by atoms with E-state index in [-0.39, 0.29) is 59.0 Å². The van der Waals surface area contributed by atoms with Gasteiger partial charge in [-0.2, -0.15) is 0 Å². The molecule has 4 heterocycles. The summed E-state index contributed by atoms with van der Waals surface area (Å²) in [4.78, 5) is 82.8. The largest absolute Gasteiger partial charge is 0.507 e. The fraction of sp³-hybridized carbons (Fsp3) is 0.333. The highest BCUT2D eigenvalue weighted by molar-refractivity contribution is 7.16. The predicted molar refractivity (Wildman–Crippen MR) is 232 cm³/mol. The van der Waals surface area contributed by atoms with E-state index in [9.17, 15) is 33.9 Å². The lowest BCUT2D eigenvalue weighted by atomic mass is 9.95. The zero-order chi connectivity index (χ0) is 44.9. The number of ether oxygens (including phenoxy) is 6. The van der Waals surface area contributed by atoms with Crippen molar-refractivity contribution in [3.05, 3.63) is 93.7 Å². The molecule has 15 nitrogen and oxygen atoms in total. The second-order valence-electron chi connectivity index (χ2n) is 15.2. The number of phenolic OH excluding ortho intramolecular Hbond substituents is 1. The van der Waals surface area contributed by atoms with Gasteiger partial charge < -0.3 is 43.3 Å². The molecule has 0 saturated carbocycles. The van der Waals surface area contributed by atoms with E-state index < -0.39 is 60.5 Å². The quantitative estimate of drug-likeness (QED) is 0.0878. The number of anilines is 2. The number of carbonyl (C=O) groups excluding carboxylic acids is 6. The van der Waals surface area contributed by atoms with Gasteiger partial charge in [0.25, 0.3) is 11.8 Å². The minimum Gasteiger partial charge on any atom is -0.507 e. The van der Waals surface area contributed by atoms with Crippen LogP contribution in [0.3, 0.4) is 0 Å². The highest BCUT2D eigenvalue weighted by Gasteiger charge is 2.56. The third-order valence-electron chi connectivity index (χ3n) is 11.2. The van der Waals surface area contributed by atoms with E-state index in [0.717, 1.165) is 55.7 Å². The number of aromatic hydroxyl groups is 1. The Morgan fingerprint density at radius 2 is 1.16 bits per heavy atom. The Morgan fingerprint density at radius 1 is 0.683 bits per heavy atom. The Morgan fingerprint density at radius 3 is 1.68 bits per heavy atom. The van der Waals surface area contributed by atoms with E-state index in [1.807, 2.05) is 30.3 Å². The summed E-state index contributed by atoms with van der Waals surface area (Å²) in [6, 6.07) is 20.9. The normalized spacial score (nSPS) is 22.6. The number of carbonyl (C=O) groups is 6. The Kier molecular flexibility index (Phi) is 12.3. The summed E-state index contributed by atoms with van der Waals surface area (Å²) in [5.74, 6) is -4.27. The SMILES string of the molecule is COC(=O)C1OC(Oc2cc3c(c4ccccc24)C(CCl)CN3C(=O)c2ccc(C(=O)N3CC(CCl)c4c3cc(O)c3ccccc43)s2)C(OC(C)=O)C(OC(C)=O)C1OC(C)=O. The molecule has 8 rings (SSSR count). The monoisotopic (exact) mass is 918 g/mol. The Balaban J connectivity index is 1.15. The number of nitrogens with zero attached hydrogens (tertiary/aromatic N) is 2. The summed E-state index contributed by atoms with van der Waals surface area (Å²) in [6.45, 7) is 3.73. The van der Waals surface area contributed by atoms with Crippen molar-refractivity contribution in [1.82, 2.24) is 0 Å². The molecule has 0 bridgehead atoms. The number of methoxy groups -OCH3 is 1. The Bertz CT molecular complexity index is 2690. The number of halogens is 2. The number of phenols is 1. The maximum Gasteiger partial charge on any atom is 0.339 e. The fourth-order valence-electron chi connectivity index (χ4n) is 8.71. The molecular weight excluding hydrogens is 879 g/mol. The number of amides is 2. The van der Waals surface area contributed by atoms with Crippen molar-refractivity contribution in [3.8, 4) is 11.5 Å². The maximum absolute atomic E-state index is 14.6. The zero-order valence-corrected chi connectivity index (χ0v) is 36.5. The first kappa shape index (κ1) is 43.7. The average molecular weight is 920 g/mol. The highest BCUT2D eigenvalue weighted by Crippen LogP contribution is 2.48. The summed E-state index contributed by atoms with van der Waals surface area (Å²) in [5.41, 5.74) is 2.61. The number of benzene rings is 4. The predicted octanol–water partition coefficient (Wildman–Crippen LogP) is 6.80. The molecule has 18 heteroatoms. The van der Waals surface area contributed by atoms with Gasteiger partial charge in [-0.3, -0.25) is 24.0 Å². The third-order valence-corrected chi connectivity index (χ3v) is 13.0. The lowest BCUT2D eigenvalue weighted by Crippen LogP contribution is -2.64. The second kappa shape index (κ2) is 17.7. The molecule has 3 aliphatic rings. The molecule has 4 aromatic carbocycles. The molecule has 1 aromatic heterocycles. The highest BCUT2D eigenvalue weighted by atomic mass is 35.5. The smallest absolute Gasteiger partial charge is 0.339 e. The van der Waals surface area contributed by atoms with Crippen molar-refractivity contribution < 1.29 is 62.3 Å². The topological polar surface area (TPSA) is 185 Å². The van der Waals surface area contributed by atoms with E-state index in [4.69, 9.17) is 51.6 Å². The number of alkyl halides is 2. The van der Waals surface area contributed by atoms with Crippen molar-refractivity contribution in [2.45, 2.75) is 63.3 Å². The van der Waals surface area contributed by atoms with Crippen molar-refractivity contribution in [2.24, 2.45) is 0 Å². The second-order valence-corrected chi connectivity index (χ2v) is 16.9. The zero-order valence-electron chi connectivity index (χ0n) is 34.2. The van der Waals surface area contributed by atoms with Gasteiger partial charge in [0, 0.05) is 80.4 Å². The Labute approximate surface area is 374 Å². The van der Waals surface area contributed by atoms with E-state index >= 15 is 0 Å². The van der Waals surface area contributed by atoms with Crippen LogP contribution in [0.15, 0.2) is 72.8 Å². The summed E-state index contributed by atoms with van der Waals surface area (Å²) in [7, 11) is 1.08. The van der Waals surface area contributed by atoms with Gasteiger partial charge in [0.2, 0.25) is 12.4 Å². The molecular formula is C45H40Cl2N2O13S. The molecule has 7 atom stereocenters. The minimum atomic E-state index is -1.70. The van der Waals surface area contributed by atoms with Gasteiger partial charge in [-0.25, -0.2) is 4.79 Å². The van der Waals surface area contributed by atoms with Gasteiger partial charge >= 0.3 is 23.9 Å². The van der Waals surface area contributed by atoms with Crippen molar-refractivity contribution in [3.63, 3.8) is 0 Å². The van der Waals surface area contributed by atoms with Crippen LogP contribution in [-0.2, 0) is 42.9 Å². The molecule has 7 unspecified atom stereocenters. The summed E-state index contributed by atoms with van der Waals surface area (Å²) >= 11 is 14.0. The maximum atomic E-state index is 14.6. The van der Waals surface area contributed by atoms with Gasteiger partial charge in [0.15, 0.2) is 18.3 Å². The molecule has 1 N–H and O–H groups in total. The van der Waals surface area contributed by atoms with Gasteiger partial charge in [0.05, 0.1) is 28.2 Å². The summed E-state index contributed by atoms with van der Waals surface area (Å²) < 4.78 is 34.0. The molecule has 5 aromatic rings. The van der Waals surface area contributed by atoms with E-state index in [1.54, 1.807) is 52.3 Å². The van der Waals surface area contributed by atoms with Crippen LogP contribution in [-0.4, -0.2) is 103 Å². The summed E-state index contributed by atoms with van der Waals surface area (Å²) in [5, 5.41) is 13.6. The van der Waals surface area contributed by atoms with Crippen LogP contribution in [0.1, 0.15) is 63.1 Å². The van der Waals surface area contributed by atoms with Crippen LogP contribution in [0.2, 0.25) is 0 Å². The number of hydrogen-bond donors (Lipinski definition) is 1. The van der Waals surface area contributed by atoms with Crippen LogP contribution in [0.4, 0.5) is 11.4 Å². The number of hydrogen-bond acceptors (Lipinski definition) is 14. The number of fused-ring (bicyclic) bond motifs is 6. The van der Waals surface area contributed by atoms with Crippen LogP contribution < -0.4 is 14.5 Å². The van der Waals surface area contributed by atoms with E-state index in [0.29, 0.717) is 32.4 Å². The molecule has 0 aliphatic carbocycles. The molecule has 1 saturated heterocycles. The number of thiophene rings is 1. The minimum absolute atomic E-state index is 0.0347. The summed E-state index contributed by atoms with van der Waals surface area (Å²) in [6.07, 6.45) is -8.13. The Hall–Kier alpha value is -5.94. The lowest BCUT2D eigenvalue weighted by molar-refractivity contribution is -0.282. The molecule has 63 heavy (non-hydrogen) atoms. The number of esters is 4. The number of rotatable bonds is 10. The van der Waals surface area contributed by atoms with Crippen LogP contribution in [0.25, 0.3) is 21.5 Å². The van der Waals surface area contributed by atoms with Gasteiger partial charge in [0.1, 0.15) is 11.5 Å². The van der Waals surface area contributed by atoms with Crippen LogP contribution >= 0.6 is 34.5 Å². The van der Waals surface area contributed by atoms with Crippen LogP contribution in [0.5, 0.6) is 11.5 Å². The van der Waals surface area contributed by atoms with Gasteiger partial charge in [-0.05, 0) is 34.0 Å². The fourth-order valence-corrected chi connectivity index (χ4v) is 10.1. The lowest BCUT2D eigenvalue weighted by Gasteiger charge is -2.43. The van der Waals surface area contributed by atoms with Crippen molar-refractivity contribution in [1.29, 1.82) is 0 Å². The van der Waals surface area contributed by atoms with Crippen molar-refractivity contribution >= 4 is 103 Å². The molecule has 3 aliphatic heterocycles. The first-order chi connectivity index (χ1) is 30.2. The first-order valence-electron chi connectivity index (χ1n) is 19.8. The van der Waals surface area contributed by atoms with E-state index in [2.05, 4.69) is 0 Å². The standard InChI is InChI=1S/C45H40Cl2N2O13S/c1-21(50)58-38-39(59-22(2)51)41(60-23(3)52)45(62-40(38)44(56)57-4)61-33-16-31-37(29-12-8-6-10-27(29)33)25(18-47)20-49(31)43(55)35-14-13-34(63-35)42(54)48-19-24(17-46)36-28-11-7-5-9-26(28)32(53)15-30(36)48/h5-16,24-25,38-41,45,53H,17-20H2,1-4H3. The van der Waals surface area contributed by atoms with Gasteiger partial charge in [-0.1, -0.05) is 48.5 Å². The average Bonchev–Trinajstić information content (AvgIpc) is 4.01. The van der Waals surface area contributed by atoms with Gasteiger partial charge in [-0.15, -0.1) is 34.5 Å².